The van der Waals surface area contributed by atoms with Crippen LogP contribution in [-0.2, 0) is 30.8 Å². The molecule has 90 valence electrons. The quantitative estimate of drug-likeness (QED) is 0.577. The Morgan fingerprint density at radius 2 is 0.867 bits per heavy atom. The second kappa shape index (κ2) is 10.3. The summed E-state index contributed by atoms with van der Waals surface area (Å²) < 4.78 is 20.8. The molecule has 0 aromatic heterocycles. The van der Waals surface area contributed by atoms with Crippen LogP contribution in [0, 0.1) is 0 Å². The molecule has 0 aromatic rings. The van der Waals surface area contributed by atoms with Crippen molar-refractivity contribution < 1.29 is 40.6 Å². The predicted octanol–water partition coefficient (Wildman–Crippen LogP) is 1.33. The normalized spacial score (nSPS) is 11.1. The van der Waals surface area contributed by atoms with Gasteiger partial charge in [-0.15, -0.1) is 0 Å². The van der Waals surface area contributed by atoms with Gasteiger partial charge in [-0.1, -0.05) is 27.7 Å². The van der Waals surface area contributed by atoms with Gasteiger partial charge in [0.15, 0.2) is 0 Å². The molecule has 0 rings (SSSR count). The van der Waals surface area contributed by atoms with Crippen molar-refractivity contribution in [2.24, 2.45) is 0 Å². The first-order valence-electron chi connectivity index (χ1n) is 4.82. The standard InChI is InChI=1S/2C4H11O2P.Ti/c2*1-3-7(5,6)4-2;/h2*3-4H2,1-2H3,(H,5,6);/q;;+2/p-2. The maximum Gasteiger partial charge on any atom is 2.00 e. The average Bonchev–Trinajstić information content (AvgIpc) is 2.19. The Balaban J connectivity index is -0.000000180. The Bertz CT molecular complexity index is 193. The van der Waals surface area contributed by atoms with Crippen LogP contribution in [0.15, 0.2) is 0 Å². The van der Waals surface area contributed by atoms with Crippen molar-refractivity contribution in [2.45, 2.75) is 27.7 Å². The second-order valence-corrected chi connectivity index (χ2v) is 8.68. The van der Waals surface area contributed by atoms with Crippen LogP contribution in [0.2, 0.25) is 0 Å². The first-order chi connectivity index (χ1) is 6.24. The average molecular weight is 290 g/mol. The van der Waals surface area contributed by atoms with Crippen LogP contribution in [0.25, 0.3) is 0 Å². The van der Waals surface area contributed by atoms with Crippen molar-refractivity contribution in [3.05, 3.63) is 0 Å². The molecule has 0 fully saturated rings. The van der Waals surface area contributed by atoms with Gasteiger partial charge in [-0.05, 0) is 24.6 Å². The van der Waals surface area contributed by atoms with Crippen molar-refractivity contribution in [2.75, 3.05) is 24.6 Å². The molecule has 0 aliphatic heterocycles. The Morgan fingerprint density at radius 3 is 0.867 bits per heavy atom. The molecule has 15 heavy (non-hydrogen) atoms. The summed E-state index contributed by atoms with van der Waals surface area (Å²) in [5.74, 6) is 0. The summed E-state index contributed by atoms with van der Waals surface area (Å²) in [5, 5.41) is 0. The van der Waals surface area contributed by atoms with Gasteiger partial charge in [0, 0.05) is 14.7 Å². The van der Waals surface area contributed by atoms with Crippen molar-refractivity contribution in [1.29, 1.82) is 0 Å². The van der Waals surface area contributed by atoms with Crippen LogP contribution in [0.4, 0.5) is 0 Å². The van der Waals surface area contributed by atoms with Gasteiger partial charge < -0.3 is 18.9 Å². The number of hydrogen-bond donors (Lipinski definition) is 0. The van der Waals surface area contributed by atoms with E-state index in [0.717, 1.165) is 0 Å². The molecule has 0 radical (unpaired) electrons. The van der Waals surface area contributed by atoms with Crippen LogP contribution in [0.5, 0.6) is 0 Å². The van der Waals surface area contributed by atoms with E-state index in [-0.39, 0.29) is 21.7 Å². The van der Waals surface area contributed by atoms with Gasteiger partial charge in [-0.2, -0.15) is 0 Å². The van der Waals surface area contributed by atoms with Crippen molar-refractivity contribution in [1.82, 2.24) is 0 Å². The van der Waals surface area contributed by atoms with Crippen molar-refractivity contribution in [3.8, 4) is 0 Å². The van der Waals surface area contributed by atoms with Crippen molar-refractivity contribution in [3.63, 3.8) is 0 Å². The third kappa shape index (κ3) is 15.1. The first kappa shape index (κ1) is 21.4. The van der Waals surface area contributed by atoms with Crippen LogP contribution in [0.1, 0.15) is 27.7 Å². The van der Waals surface area contributed by atoms with E-state index in [1.54, 1.807) is 27.7 Å². The summed E-state index contributed by atoms with van der Waals surface area (Å²) in [5.41, 5.74) is 0. The molecule has 0 atom stereocenters. The topological polar surface area (TPSA) is 80.3 Å². The molecule has 0 aromatic carbocycles. The van der Waals surface area contributed by atoms with Gasteiger partial charge in [0.2, 0.25) is 0 Å². The van der Waals surface area contributed by atoms with Crippen LogP contribution >= 0.6 is 14.7 Å². The summed E-state index contributed by atoms with van der Waals surface area (Å²) in [4.78, 5) is 20.8. The molecule has 0 saturated carbocycles. The Morgan fingerprint density at radius 1 is 0.733 bits per heavy atom. The summed E-state index contributed by atoms with van der Waals surface area (Å²) in [6, 6.07) is 0. The smallest absolute Gasteiger partial charge is 0.799 e. The third-order valence-electron chi connectivity index (χ3n) is 1.93. The molecular formula is C8H20O4P2Ti. The van der Waals surface area contributed by atoms with E-state index >= 15 is 0 Å². The fourth-order valence-electron chi connectivity index (χ4n) is 0.447. The maximum absolute atomic E-state index is 10.4. The molecule has 0 aliphatic carbocycles. The van der Waals surface area contributed by atoms with E-state index in [0.29, 0.717) is 24.6 Å². The summed E-state index contributed by atoms with van der Waals surface area (Å²) in [7, 11) is -5.81. The zero-order valence-electron chi connectivity index (χ0n) is 9.86. The molecule has 4 nitrogen and oxygen atoms in total. The van der Waals surface area contributed by atoms with Gasteiger partial charge in [0.25, 0.3) is 0 Å². The number of hydrogen-bond acceptors (Lipinski definition) is 4. The van der Waals surface area contributed by atoms with Gasteiger partial charge in [0.1, 0.15) is 0 Å². The van der Waals surface area contributed by atoms with E-state index in [9.17, 15) is 18.9 Å². The Hall–Kier alpha value is 1.09. The molecule has 0 unspecified atom stereocenters. The van der Waals surface area contributed by atoms with E-state index in [2.05, 4.69) is 0 Å². The molecular weight excluding hydrogens is 270 g/mol. The summed E-state index contributed by atoms with van der Waals surface area (Å²) in [6.07, 6.45) is 1.18. The zero-order chi connectivity index (χ0) is 11.8. The SMILES string of the molecule is CCP(=O)([O-])CC.CCP(=O)([O-])CC.[Ti+2]. The molecule has 0 aliphatic rings. The summed E-state index contributed by atoms with van der Waals surface area (Å²) >= 11 is 0. The fourth-order valence-corrected chi connectivity index (χ4v) is 1.34. The molecule has 0 bridgehead atoms. The molecule has 0 heterocycles. The van der Waals surface area contributed by atoms with Gasteiger partial charge in [-0.25, -0.2) is 0 Å². The summed E-state index contributed by atoms with van der Waals surface area (Å²) in [6.45, 7) is 6.66. The van der Waals surface area contributed by atoms with Crippen molar-refractivity contribution >= 4 is 14.7 Å². The Kier molecular flexibility index (Phi) is 14.6. The third-order valence-corrected chi connectivity index (χ3v) is 5.78. The van der Waals surface area contributed by atoms with Gasteiger partial charge >= 0.3 is 21.7 Å². The number of rotatable bonds is 4. The Labute approximate surface area is 108 Å². The monoisotopic (exact) mass is 290 g/mol. The minimum absolute atomic E-state index is 0. The van der Waals surface area contributed by atoms with Gasteiger partial charge in [-0.3, -0.25) is 0 Å². The van der Waals surface area contributed by atoms with E-state index in [1.807, 2.05) is 0 Å². The largest absolute Gasteiger partial charge is 2.00 e. The van der Waals surface area contributed by atoms with Crippen LogP contribution < -0.4 is 9.79 Å². The van der Waals surface area contributed by atoms with Crippen LogP contribution in [-0.4, -0.2) is 24.6 Å². The van der Waals surface area contributed by atoms with Gasteiger partial charge in [0.05, 0.1) is 0 Å². The molecule has 0 saturated heterocycles. The van der Waals surface area contributed by atoms with E-state index in [4.69, 9.17) is 0 Å². The van der Waals surface area contributed by atoms with Crippen LogP contribution in [0.3, 0.4) is 0 Å². The molecule has 0 spiro atoms. The van der Waals surface area contributed by atoms with E-state index in [1.165, 1.54) is 0 Å². The second-order valence-electron chi connectivity index (χ2n) is 2.89. The molecule has 0 N–H and O–H groups in total. The van der Waals surface area contributed by atoms with E-state index < -0.39 is 14.7 Å². The zero-order valence-corrected chi connectivity index (χ0v) is 13.2. The first-order valence-corrected chi connectivity index (χ1v) is 8.81. The fraction of sp³-hybridized carbons (Fsp3) is 1.00. The predicted molar refractivity (Wildman–Crippen MR) is 57.4 cm³/mol. The maximum atomic E-state index is 10.4. The molecule has 7 heteroatoms. The molecule has 0 amide bonds. The minimum Gasteiger partial charge on any atom is -0.799 e. The minimum atomic E-state index is -2.90.